The highest BCUT2D eigenvalue weighted by molar-refractivity contribution is 7.84. The van der Waals surface area contributed by atoms with Crippen molar-refractivity contribution in [1.29, 1.82) is 5.26 Å². The minimum atomic E-state index is -0.965. The molecule has 20 heavy (non-hydrogen) atoms. The number of nitrogens with zero attached hydrogens (tertiary/aromatic N) is 1. The maximum absolute atomic E-state index is 11.3. The fraction of sp³-hybridized carbons (Fsp3) is 0.500. The van der Waals surface area contributed by atoms with Gasteiger partial charge in [0.15, 0.2) is 0 Å². The highest BCUT2D eigenvalue weighted by atomic mass is 35.5. The lowest BCUT2D eigenvalue weighted by atomic mass is 9.75. The molecule has 1 aromatic rings. The predicted molar refractivity (Wildman–Crippen MR) is 82.7 cm³/mol. The van der Waals surface area contributed by atoms with Gasteiger partial charge < -0.3 is 4.74 Å². The fourth-order valence-electron chi connectivity index (χ4n) is 2.15. The van der Waals surface area contributed by atoms with Crippen LogP contribution in [0.3, 0.4) is 0 Å². The van der Waals surface area contributed by atoms with Gasteiger partial charge in [-0.05, 0) is 30.5 Å². The average Bonchev–Trinajstić information content (AvgIpc) is 2.49. The predicted octanol–water partition coefficient (Wildman–Crippen LogP) is 3.42. The first kappa shape index (κ1) is 17.5. The number of rotatable bonds is 2. The Kier molecular flexibility index (Phi) is 7.53. The molecule has 1 saturated heterocycles. The number of ether oxygens (including phenoxy) is 1. The normalized spacial score (nSPS) is 18.3. The van der Waals surface area contributed by atoms with Crippen LogP contribution in [0, 0.1) is 11.3 Å². The van der Waals surface area contributed by atoms with Crippen LogP contribution < -0.4 is 0 Å². The van der Waals surface area contributed by atoms with E-state index in [0.29, 0.717) is 13.2 Å². The Labute approximate surface area is 132 Å². The summed E-state index contributed by atoms with van der Waals surface area (Å²) in [6, 6.07) is 9.96. The molecule has 1 heterocycles. The van der Waals surface area contributed by atoms with Crippen LogP contribution in [0.15, 0.2) is 29.2 Å². The molecule has 0 aliphatic carbocycles. The Morgan fingerprint density at radius 2 is 1.80 bits per heavy atom. The minimum Gasteiger partial charge on any atom is -0.381 e. The molecule has 1 aliphatic heterocycles. The zero-order chi connectivity index (χ0) is 15.0. The number of alkyl halides is 2. The third-order valence-corrected chi connectivity index (χ3v) is 4.24. The fourth-order valence-corrected chi connectivity index (χ4v) is 2.67. The van der Waals surface area contributed by atoms with Gasteiger partial charge in [0.2, 0.25) is 0 Å². The maximum atomic E-state index is 11.3. The summed E-state index contributed by atoms with van der Waals surface area (Å²) in [5, 5.41) is 9.60. The van der Waals surface area contributed by atoms with Crippen molar-refractivity contribution < 1.29 is 8.95 Å². The van der Waals surface area contributed by atoms with Gasteiger partial charge >= 0.3 is 0 Å². The first-order valence-electron chi connectivity index (χ1n) is 6.14. The molecule has 0 N–H and O–H groups in total. The minimum absolute atomic E-state index is 0.194. The summed E-state index contributed by atoms with van der Waals surface area (Å²) >= 11 is 9.53. The highest BCUT2D eigenvalue weighted by Gasteiger charge is 2.34. The van der Waals surface area contributed by atoms with Crippen LogP contribution in [0.2, 0.25) is 0 Å². The first-order valence-corrected chi connectivity index (χ1v) is 8.77. The van der Waals surface area contributed by atoms with Crippen molar-refractivity contribution in [3.05, 3.63) is 29.8 Å². The molecule has 1 aromatic carbocycles. The Hall–Kier alpha value is -0.600. The summed E-state index contributed by atoms with van der Waals surface area (Å²) in [6.07, 6.45) is 3.12. The monoisotopic (exact) mass is 333 g/mol. The third kappa shape index (κ3) is 4.46. The van der Waals surface area contributed by atoms with Crippen molar-refractivity contribution in [2.24, 2.45) is 0 Å². The quantitative estimate of drug-likeness (QED) is 0.779. The van der Waals surface area contributed by atoms with Gasteiger partial charge in [0.1, 0.15) is 0 Å². The molecular formula is C14H17Cl2NO2S. The topological polar surface area (TPSA) is 50.1 Å². The molecule has 0 radical (unpaired) electrons. The number of nitriles is 1. The molecule has 1 aliphatic rings. The molecule has 3 nitrogen and oxygen atoms in total. The van der Waals surface area contributed by atoms with Crippen LogP contribution in [0.5, 0.6) is 0 Å². The van der Waals surface area contributed by atoms with Crippen LogP contribution in [0.1, 0.15) is 18.4 Å². The number of halogens is 2. The van der Waals surface area contributed by atoms with Gasteiger partial charge in [0.25, 0.3) is 0 Å². The van der Waals surface area contributed by atoms with Gasteiger partial charge in [-0.2, -0.15) is 5.26 Å². The summed E-state index contributed by atoms with van der Waals surface area (Å²) < 4.78 is 16.6. The second-order valence-electron chi connectivity index (χ2n) is 4.39. The summed E-state index contributed by atoms with van der Waals surface area (Å²) in [4.78, 5) is 0.800. The van der Waals surface area contributed by atoms with E-state index in [4.69, 9.17) is 27.9 Å². The molecule has 2 rings (SSSR count). The van der Waals surface area contributed by atoms with Gasteiger partial charge in [0, 0.05) is 35.2 Å². The lowest BCUT2D eigenvalue weighted by Crippen LogP contribution is -2.32. The van der Waals surface area contributed by atoms with Gasteiger partial charge in [-0.25, -0.2) is 0 Å². The summed E-state index contributed by atoms with van der Waals surface area (Å²) in [5.74, 6) is 0. The standard InChI is InChI=1S/C13H15NO2S.CH2Cl2/c1-17(15)12-4-2-11(3-5-12)13(10-14)6-8-16-9-7-13;2-1-3/h2-5H,6-9H2,1H3;1H2. The van der Waals surface area contributed by atoms with Crippen molar-refractivity contribution in [3.8, 4) is 6.07 Å². The molecule has 0 spiro atoms. The zero-order valence-electron chi connectivity index (χ0n) is 11.3. The molecular weight excluding hydrogens is 317 g/mol. The van der Waals surface area contributed by atoms with E-state index in [1.807, 2.05) is 24.3 Å². The Balaban J connectivity index is 0.000000612. The van der Waals surface area contributed by atoms with E-state index >= 15 is 0 Å². The second-order valence-corrected chi connectivity index (χ2v) is 6.57. The van der Waals surface area contributed by atoms with Crippen LogP contribution in [-0.4, -0.2) is 29.0 Å². The van der Waals surface area contributed by atoms with Crippen molar-refractivity contribution in [3.63, 3.8) is 0 Å². The third-order valence-electron chi connectivity index (χ3n) is 3.30. The Morgan fingerprint density at radius 1 is 1.30 bits per heavy atom. The van der Waals surface area contributed by atoms with E-state index < -0.39 is 16.2 Å². The molecule has 0 aromatic heterocycles. The van der Waals surface area contributed by atoms with Crippen LogP contribution in [0.25, 0.3) is 0 Å². The van der Waals surface area contributed by atoms with Gasteiger partial charge in [-0.1, -0.05) is 12.1 Å². The lowest BCUT2D eigenvalue weighted by molar-refractivity contribution is 0.0675. The van der Waals surface area contributed by atoms with Gasteiger partial charge in [-0.15, -0.1) is 23.2 Å². The first-order chi connectivity index (χ1) is 9.59. The average molecular weight is 334 g/mol. The van der Waals surface area contributed by atoms with E-state index in [-0.39, 0.29) is 5.34 Å². The zero-order valence-corrected chi connectivity index (χ0v) is 13.6. The highest BCUT2D eigenvalue weighted by Crippen LogP contribution is 2.34. The molecule has 110 valence electrons. The lowest BCUT2D eigenvalue weighted by Gasteiger charge is -2.31. The van der Waals surface area contributed by atoms with E-state index in [0.717, 1.165) is 23.3 Å². The summed E-state index contributed by atoms with van der Waals surface area (Å²) in [5.41, 5.74) is 0.587. The van der Waals surface area contributed by atoms with Crippen LogP contribution in [-0.2, 0) is 21.0 Å². The number of hydrogen-bond acceptors (Lipinski definition) is 3. The Bertz CT molecular complexity index is 479. The van der Waals surface area contributed by atoms with Gasteiger partial charge in [-0.3, -0.25) is 4.21 Å². The number of hydrogen-bond donors (Lipinski definition) is 0. The molecule has 1 fully saturated rings. The largest absolute Gasteiger partial charge is 0.381 e. The SMILES string of the molecule is CS(=O)c1ccc(C2(C#N)CCOCC2)cc1.ClCCl. The smallest absolute Gasteiger partial charge is 0.0967 e. The summed E-state index contributed by atoms with van der Waals surface area (Å²) in [7, 11) is -0.965. The maximum Gasteiger partial charge on any atom is 0.0967 e. The summed E-state index contributed by atoms with van der Waals surface area (Å²) in [6.45, 7) is 1.27. The number of benzene rings is 1. The molecule has 0 saturated carbocycles. The van der Waals surface area contributed by atoms with Gasteiger partial charge in [0.05, 0.1) is 16.8 Å². The molecule has 6 heteroatoms. The van der Waals surface area contributed by atoms with Crippen molar-refractivity contribution in [1.82, 2.24) is 0 Å². The van der Waals surface area contributed by atoms with Crippen molar-refractivity contribution in [2.75, 3.05) is 24.8 Å². The van der Waals surface area contributed by atoms with E-state index in [1.165, 1.54) is 0 Å². The van der Waals surface area contributed by atoms with Crippen LogP contribution in [0.4, 0.5) is 0 Å². The molecule has 0 amide bonds. The molecule has 1 unspecified atom stereocenters. The van der Waals surface area contributed by atoms with Crippen LogP contribution >= 0.6 is 23.2 Å². The van der Waals surface area contributed by atoms with E-state index in [9.17, 15) is 9.47 Å². The molecule has 1 atom stereocenters. The van der Waals surface area contributed by atoms with E-state index in [2.05, 4.69) is 6.07 Å². The van der Waals surface area contributed by atoms with Crippen molar-refractivity contribution >= 4 is 34.0 Å². The van der Waals surface area contributed by atoms with Crippen molar-refractivity contribution in [2.45, 2.75) is 23.2 Å². The Morgan fingerprint density at radius 3 is 2.20 bits per heavy atom. The molecule has 0 bridgehead atoms. The second kappa shape index (κ2) is 8.63. The van der Waals surface area contributed by atoms with E-state index in [1.54, 1.807) is 6.26 Å².